The summed E-state index contributed by atoms with van der Waals surface area (Å²) >= 11 is 0. The van der Waals surface area contributed by atoms with Crippen molar-refractivity contribution in [1.82, 2.24) is 0 Å². The highest BCUT2D eigenvalue weighted by Gasteiger charge is 2.37. The molecule has 0 bridgehead atoms. The molecule has 7 heteroatoms. The van der Waals surface area contributed by atoms with Crippen LogP contribution in [0.2, 0.25) is 0 Å². The summed E-state index contributed by atoms with van der Waals surface area (Å²) in [6.07, 6.45) is -4.17. The Labute approximate surface area is 107 Å². The molecule has 0 aliphatic heterocycles. The summed E-state index contributed by atoms with van der Waals surface area (Å²) in [5.41, 5.74) is -1.15. The van der Waals surface area contributed by atoms with Crippen LogP contribution in [0.25, 0.3) is 0 Å². The van der Waals surface area contributed by atoms with Crippen molar-refractivity contribution in [3.8, 4) is 0 Å². The van der Waals surface area contributed by atoms with Gasteiger partial charge in [0.05, 0.1) is 11.5 Å². The molecule has 1 aromatic carbocycles. The van der Waals surface area contributed by atoms with Gasteiger partial charge in [0.25, 0.3) is 0 Å². The first-order valence-corrected chi connectivity index (χ1v) is 5.50. The van der Waals surface area contributed by atoms with Crippen molar-refractivity contribution >= 4 is 6.29 Å². The molecule has 0 spiro atoms. The number of hydrogen-bond acceptors (Lipinski definition) is 3. The summed E-state index contributed by atoms with van der Waals surface area (Å²) in [6.45, 7) is 0.654. The van der Waals surface area contributed by atoms with Gasteiger partial charge in [-0.05, 0) is 11.6 Å². The van der Waals surface area contributed by atoms with Crippen LogP contribution in [-0.2, 0) is 11.0 Å². The lowest BCUT2D eigenvalue weighted by Gasteiger charge is -2.20. The smallest absolute Gasteiger partial charge is 0.303 e. The molecule has 0 aliphatic carbocycles. The van der Waals surface area contributed by atoms with Crippen LogP contribution in [0.15, 0.2) is 24.3 Å². The third-order valence-electron chi connectivity index (χ3n) is 2.86. The molecule has 1 aromatic rings. The molecule has 0 heterocycles. The predicted octanol–water partition coefficient (Wildman–Crippen LogP) is 2.90. The monoisotopic (exact) mass is 275 g/mol. The zero-order chi connectivity index (χ0) is 14.6. The Kier molecular flexibility index (Phi) is 4.63. The van der Waals surface area contributed by atoms with Gasteiger partial charge in [-0.3, -0.25) is 10.1 Å². The average Bonchev–Trinajstić information content (AvgIpc) is 2.34. The van der Waals surface area contributed by atoms with Gasteiger partial charge in [-0.25, -0.2) is 0 Å². The van der Waals surface area contributed by atoms with E-state index in [1.54, 1.807) is 0 Å². The number of alkyl halides is 3. The van der Waals surface area contributed by atoms with Gasteiger partial charge in [0.2, 0.25) is 6.54 Å². The third-order valence-corrected chi connectivity index (χ3v) is 2.86. The molecule has 1 rings (SSSR count). The number of nitro groups is 1. The topological polar surface area (TPSA) is 60.2 Å². The summed E-state index contributed by atoms with van der Waals surface area (Å²) in [5, 5.41) is 10.6. The molecule has 104 valence electrons. The van der Waals surface area contributed by atoms with Gasteiger partial charge in [0.1, 0.15) is 6.29 Å². The molecule has 2 atom stereocenters. The van der Waals surface area contributed by atoms with Gasteiger partial charge in [0, 0.05) is 10.8 Å². The van der Waals surface area contributed by atoms with Crippen LogP contribution >= 0.6 is 0 Å². The van der Waals surface area contributed by atoms with Crippen molar-refractivity contribution in [2.75, 3.05) is 6.54 Å². The van der Waals surface area contributed by atoms with E-state index in [0.29, 0.717) is 6.29 Å². The molecule has 0 aromatic heterocycles. The van der Waals surface area contributed by atoms with Crippen LogP contribution in [0.1, 0.15) is 24.0 Å². The standard InChI is InChI=1S/C12H12F3NO3/c1-8(7-17)10(6-16(18)19)9-4-2-3-5-11(9)12(13,14)15/h2-5,7-8,10H,6H2,1H3/t8-,10-/m1/s1. The van der Waals surface area contributed by atoms with E-state index in [2.05, 4.69) is 0 Å². The van der Waals surface area contributed by atoms with Crippen molar-refractivity contribution in [2.24, 2.45) is 5.92 Å². The number of aldehydes is 1. The fraction of sp³-hybridized carbons (Fsp3) is 0.417. The Hall–Kier alpha value is -1.92. The molecule has 0 saturated heterocycles. The lowest BCUT2D eigenvalue weighted by Crippen LogP contribution is -2.23. The van der Waals surface area contributed by atoms with Gasteiger partial charge in [0.15, 0.2) is 0 Å². The number of halogens is 3. The SMILES string of the molecule is C[C@H](C=O)[C@@H](C[N+](=O)[O-])c1ccccc1C(F)(F)F. The maximum Gasteiger partial charge on any atom is 0.416 e. The average molecular weight is 275 g/mol. The van der Waals surface area contributed by atoms with Crippen molar-refractivity contribution in [3.05, 3.63) is 45.5 Å². The second-order valence-corrected chi connectivity index (χ2v) is 4.20. The number of rotatable bonds is 5. The Morgan fingerprint density at radius 2 is 1.95 bits per heavy atom. The zero-order valence-electron chi connectivity index (χ0n) is 10.1. The second kappa shape index (κ2) is 5.81. The van der Waals surface area contributed by atoms with E-state index >= 15 is 0 Å². The Bertz CT molecular complexity index is 474. The molecule has 0 radical (unpaired) electrons. The minimum Gasteiger partial charge on any atom is -0.303 e. The summed E-state index contributed by atoms with van der Waals surface area (Å²) in [6, 6.07) is 4.62. The number of carbonyl (C=O) groups is 1. The first kappa shape index (κ1) is 15.1. The highest BCUT2D eigenvalue weighted by molar-refractivity contribution is 5.56. The van der Waals surface area contributed by atoms with Gasteiger partial charge in [-0.2, -0.15) is 13.2 Å². The lowest BCUT2D eigenvalue weighted by molar-refractivity contribution is -0.484. The Morgan fingerprint density at radius 3 is 2.42 bits per heavy atom. The minimum atomic E-state index is -4.60. The molecule has 0 amide bonds. The van der Waals surface area contributed by atoms with E-state index in [1.165, 1.54) is 25.1 Å². The van der Waals surface area contributed by atoms with Gasteiger partial charge in [-0.15, -0.1) is 0 Å². The number of carbonyl (C=O) groups excluding carboxylic acids is 1. The van der Waals surface area contributed by atoms with E-state index in [0.717, 1.165) is 6.07 Å². The van der Waals surface area contributed by atoms with Crippen LogP contribution < -0.4 is 0 Å². The third kappa shape index (κ3) is 3.77. The maximum atomic E-state index is 12.9. The number of nitrogens with zero attached hydrogens (tertiary/aromatic N) is 1. The maximum absolute atomic E-state index is 12.9. The van der Waals surface area contributed by atoms with E-state index in [9.17, 15) is 28.1 Å². The van der Waals surface area contributed by atoms with Crippen LogP contribution in [0, 0.1) is 16.0 Å². The largest absolute Gasteiger partial charge is 0.416 e. The predicted molar refractivity (Wildman–Crippen MR) is 61.3 cm³/mol. The first-order valence-electron chi connectivity index (χ1n) is 5.50. The zero-order valence-corrected chi connectivity index (χ0v) is 10.1. The molecule has 0 N–H and O–H groups in total. The van der Waals surface area contributed by atoms with E-state index in [4.69, 9.17) is 0 Å². The molecular weight excluding hydrogens is 263 g/mol. The summed E-state index contributed by atoms with van der Waals surface area (Å²) < 4.78 is 38.6. The normalized spacial score (nSPS) is 14.7. The van der Waals surface area contributed by atoms with E-state index in [1.807, 2.05) is 0 Å². The fourth-order valence-corrected chi connectivity index (χ4v) is 1.88. The van der Waals surface area contributed by atoms with Crippen molar-refractivity contribution in [3.63, 3.8) is 0 Å². The number of hydrogen-bond donors (Lipinski definition) is 0. The Balaban J connectivity index is 3.30. The lowest BCUT2D eigenvalue weighted by atomic mass is 9.85. The quantitative estimate of drug-likeness (QED) is 0.471. The second-order valence-electron chi connectivity index (χ2n) is 4.20. The van der Waals surface area contributed by atoms with Gasteiger partial charge < -0.3 is 4.79 Å². The summed E-state index contributed by atoms with van der Waals surface area (Å²) in [7, 11) is 0. The highest BCUT2D eigenvalue weighted by Crippen LogP contribution is 2.37. The van der Waals surface area contributed by atoms with Gasteiger partial charge in [-0.1, -0.05) is 25.1 Å². The van der Waals surface area contributed by atoms with Crippen molar-refractivity contribution < 1.29 is 22.9 Å². The molecule has 0 aliphatic rings. The first-order chi connectivity index (χ1) is 8.77. The van der Waals surface area contributed by atoms with Crippen LogP contribution in [-0.4, -0.2) is 17.8 Å². The number of benzene rings is 1. The van der Waals surface area contributed by atoms with Crippen LogP contribution in [0.5, 0.6) is 0 Å². The van der Waals surface area contributed by atoms with E-state index in [-0.39, 0.29) is 5.56 Å². The van der Waals surface area contributed by atoms with E-state index < -0.39 is 35.0 Å². The molecule has 0 unspecified atom stereocenters. The molecule has 0 saturated carbocycles. The van der Waals surface area contributed by atoms with Crippen molar-refractivity contribution in [1.29, 1.82) is 0 Å². The molecule has 0 fully saturated rings. The van der Waals surface area contributed by atoms with Crippen molar-refractivity contribution in [2.45, 2.75) is 19.0 Å². The molecular formula is C12H12F3NO3. The summed E-state index contributed by atoms with van der Waals surface area (Å²) in [4.78, 5) is 20.6. The Morgan fingerprint density at radius 1 is 1.37 bits per heavy atom. The van der Waals surface area contributed by atoms with Gasteiger partial charge >= 0.3 is 6.18 Å². The molecule has 4 nitrogen and oxygen atoms in total. The molecule has 19 heavy (non-hydrogen) atoms. The van der Waals surface area contributed by atoms with Crippen LogP contribution in [0.3, 0.4) is 0 Å². The fourth-order valence-electron chi connectivity index (χ4n) is 1.88. The minimum absolute atomic E-state index is 0.216. The van der Waals surface area contributed by atoms with Crippen LogP contribution in [0.4, 0.5) is 13.2 Å². The highest BCUT2D eigenvalue weighted by atomic mass is 19.4. The summed E-state index contributed by atoms with van der Waals surface area (Å²) in [5.74, 6) is -1.96.